The molecule has 0 fully saturated rings. The Labute approximate surface area is 311 Å². The first-order chi connectivity index (χ1) is 25.4. The Morgan fingerprint density at radius 2 is 1.29 bits per heavy atom. The van der Waals surface area contributed by atoms with Crippen LogP contribution < -0.4 is 4.90 Å². The minimum atomic E-state index is 1.12. The zero-order chi connectivity index (χ0) is 35.6. The first kappa shape index (κ1) is 33.2. The second-order valence-electron chi connectivity index (χ2n) is 13.7. The zero-order valence-corrected chi connectivity index (χ0v) is 30.9. The summed E-state index contributed by atoms with van der Waals surface area (Å²) in [6, 6.07) is 55.3. The van der Waals surface area contributed by atoms with Crippen molar-refractivity contribution in [3.63, 3.8) is 0 Å². The highest BCUT2D eigenvalue weighted by Crippen LogP contribution is 2.44. The van der Waals surface area contributed by atoms with E-state index in [-0.39, 0.29) is 0 Å². The Kier molecular flexibility index (Phi) is 9.16. The van der Waals surface area contributed by atoms with Gasteiger partial charge in [0.25, 0.3) is 0 Å². The Morgan fingerprint density at radius 1 is 0.577 bits per heavy atom. The highest BCUT2D eigenvalue weighted by Gasteiger charge is 2.18. The van der Waals surface area contributed by atoms with E-state index in [9.17, 15) is 0 Å². The molecule has 0 aliphatic heterocycles. The molecular formula is C50H41NS. The van der Waals surface area contributed by atoms with E-state index in [1.165, 1.54) is 75.5 Å². The Balaban J connectivity index is 1.26. The molecule has 0 saturated heterocycles. The normalized spacial score (nSPS) is 11.9. The number of benzene rings is 7. The van der Waals surface area contributed by atoms with Crippen LogP contribution in [0, 0.1) is 13.8 Å². The highest BCUT2D eigenvalue weighted by atomic mass is 32.1. The van der Waals surface area contributed by atoms with Gasteiger partial charge in [-0.2, -0.15) is 0 Å². The van der Waals surface area contributed by atoms with Crippen LogP contribution in [0.15, 0.2) is 175 Å². The molecule has 0 aliphatic rings. The van der Waals surface area contributed by atoms with Gasteiger partial charge in [0.15, 0.2) is 0 Å². The molecule has 0 atom stereocenters. The molecule has 0 unspecified atom stereocenters. The average Bonchev–Trinajstić information content (AvgIpc) is 3.55. The Morgan fingerprint density at radius 3 is 2.08 bits per heavy atom. The Hall–Kier alpha value is -5.96. The van der Waals surface area contributed by atoms with E-state index in [1.54, 1.807) is 0 Å². The lowest BCUT2D eigenvalue weighted by atomic mass is 9.94. The van der Waals surface area contributed by atoms with Crippen molar-refractivity contribution in [2.24, 2.45) is 0 Å². The number of thiophene rings is 1. The van der Waals surface area contributed by atoms with Crippen molar-refractivity contribution in [3.8, 4) is 11.1 Å². The number of anilines is 3. The van der Waals surface area contributed by atoms with Crippen LogP contribution >= 0.6 is 11.3 Å². The first-order valence-corrected chi connectivity index (χ1v) is 18.7. The summed E-state index contributed by atoms with van der Waals surface area (Å²) in [5.41, 5.74) is 13.3. The summed E-state index contributed by atoms with van der Waals surface area (Å²) in [7, 11) is 0. The zero-order valence-electron chi connectivity index (χ0n) is 30.1. The minimum Gasteiger partial charge on any atom is -0.310 e. The number of hydrogen-bond acceptors (Lipinski definition) is 2. The molecule has 8 rings (SSSR count). The maximum absolute atomic E-state index is 2.41. The van der Waals surface area contributed by atoms with Crippen LogP contribution in [-0.4, -0.2) is 0 Å². The molecule has 0 radical (unpaired) electrons. The molecular weight excluding hydrogens is 647 g/mol. The summed E-state index contributed by atoms with van der Waals surface area (Å²) in [6.45, 7) is 8.63. The molecule has 0 bridgehead atoms. The maximum Gasteiger partial charge on any atom is 0.0540 e. The predicted octanol–water partition coefficient (Wildman–Crippen LogP) is 15.0. The number of aryl methyl sites for hydroxylation is 2. The molecule has 7 aromatic carbocycles. The van der Waals surface area contributed by atoms with Gasteiger partial charge in [0, 0.05) is 36.9 Å². The van der Waals surface area contributed by atoms with Gasteiger partial charge in [0.2, 0.25) is 0 Å². The van der Waals surface area contributed by atoms with Crippen molar-refractivity contribution in [2.75, 3.05) is 4.90 Å². The summed E-state index contributed by atoms with van der Waals surface area (Å²) < 4.78 is 2.66. The van der Waals surface area contributed by atoms with Gasteiger partial charge in [-0.05, 0) is 108 Å². The second-order valence-corrected chi connectivity index (χ2v) is 14.8. The first-order valence-electron chi connectivity index (χ1n) is 17.9. The lowest BCUT2D eigenvalue weighted by Crippen LogP contribution is -2.11. The molecule has 0 aliphatic carbocycles. The molecule has 0 N–H and O–H groups in total. The molecule has 0 amide bonds. The molecule has 252 valence electrons. The van der Waals surface area contributed by atoms with E-state index in [1.807, 2.05) is 11.3 Å². The van der Waals surface area contributed by atoms with Crippen LogP contribution in [-0.2, 0) is 0 Å². The number of hydrogen-bond donors (Lipinski definition) is 0. The van der Waals surface area contributed by atoms with E-state index in [4.69, 9.17) is 0 Å². The minimum absolute atomic E-state index is 1.12. The van der Waals surface area contributed by atoms with Gasteiger partial charge in [-0.25, -0.2) is 0 Å². The van der Waals surface area contributed by atoms with Crippen molar-refractivity contribution < 1.29 is 0 Å². The van der Waals surface area contributed by atoms with E-state index < -0.39 is 0 Å². The van der Waals surface area contributed by atoms with Crippen LogP contribution in [0.5, 0.6) is 0 Å². The van der Waals surface area contributed by atoms with Gasteiger partial charge >= 0.3 is 0 Å². The van der Waals surface area contributed by atoms with E-state index >= 15 is 0 Å². The van der Waals surface area contributed by atoms with E-state index in [2.05, 4.69) is 209 Å². The van der Waals surface area contributed by atoms with Crippen molar-refractivity contribution in [3.05, 3.63) is 198 Å². The van der Waals surface area contributed by atoms with Crippen molar-refractivity contribution in [2.45, 2.75) is 27.7 Å². The van der Waals surface area contributed by atoms with Gasteiger partial charge in [0.05, 0.1) is 5.69 Å². The van der Waals surface area contributed by atoms with Gasteiger partial charge in [-0.15, -0.1) is 11.3 Å². The van der Waals surface area contributed by atoms with Gasteiger partial charge in [0.1, 0.15) is 0 Å². The van der Waals surface area contributed by atoms with Crippen molar-refractivity contribution >= 4 is 71.0 Å². The predicted molar refractivity (Wildman–Crippen MR) is 229 cm³/mol. The fourth-order valence-electron chi connectivity index (χ4n) is 7.13. The SMILES string of the molecule is CC(C)=C/C=C(\C=C\c1ccccc1C)c1ccc(N(c2ccc(-c3cccc4c3sc3ccccc34)cc2)c2cccc(C)c2)c2ccccc12. The molecule has 1 aromatic heterocycles. The molecule has 0 spiro atoms. The largest absolute Gasteiger partial charge is 0.310 e. The second kappa shape index (κ2) is 14.3. The molecule has 1 heterocycles. The molecule has 8 aromatic rings. The lowest BCUT2D eigenvalue weighted by molar-refractivity contribution is 1.28. The fraction of sp³-hybridized carbons (Fsp3) is 0.0800. The number of nitrogens with zero attached hydrogens (tertiary/aromatic N) is 1. The Bertz CT molecular complexity index is 2660. The third kappa shape index (κ3) is 6.50. The van der Waals surface area contributed by atoms with Gasteiger partial charge in [-0.1, -0.05) is 145 Å². The van der Waals surface area contributed by atoms with Gasteiger partial charge < -0.3 is 4.90 Å². The number of allylic oxidation sites excluding steroid dienone is 5. The monoisotopic (exact) mass is 687 g/mol. The van der Waals surface area contributed by atoms with Crippen LogP contribution in [0.4, 0.5) is 17.1 Å². The van der Waals surface area contributed by atoms with E-state index in [0.717, 1.165) is 17.1 Å². The van der Waals surface area contributed by atoms with E-state index in [0.29, 0.717) is 0 Å². The van der Waals surface area contributed by atoms with Crippen LogP contribution in [0.3, 0.4) is 0 Å². The molecule has 52 heavy (non-hydrogen) atoms. The highest BCUT2D eigenvalue weighted by molar-refractivity contribution is 7.26. The summed E-state index contributed by atoms with van der Waals surface area (Å²) in [5.74, 6) is 0. The van der Waals surface area contributed by atoms with Crippen LogP contribution in [0.2, 0.25) is 0 Å². The summed E-state index contributed by atoms with van der Waals surface area (Å²) >= 11 is 1.88. The maximum atomic E-state index is 2.41. The van der Waals surface area contributed by atoms with Gasteiger partial charge in [-0.3, -0.25) is 0 Å². The average molecular weight is 688 g/mol. The van der Waals surface area contributed by atoms with Crippen molar-refractivity contribution in [1.29, 1.82) is 0 Å². The fourth-order valence-corrected chi connectivity index (χ4v) is 8.37. The number of rotatable bonds is 8. The van der Waals surface area contributed by atoms with Crippen molar-refractivity contribution in [1.82, 2.24) is 0 Å². The number of fused-ring (bicyclic) bond motifs is 4. The quantitative estimate of drug-likeness (QED) is 0.144. The van der Waals surface area contributed by atoms with Crippen LogP contribution in [0.25, 0.3) is 53.7 Å². The molecule has 2 heteroatoms. The summed E-state index contributed by atoms with van der Waals surface area (Å²) in [6.07, 6.45) is 8.96. The lowest BCUT2D eigenvalue weighted by Gasteiger charge is -2.28. The molecule has 0 saturated carbocycles. The topological polar surface area (TPSA) is 3.24 Å². The third-order valence-corrected chi connectivity index (χ3v) is 11.0. The summed E-state index contributed by atoms with van der Waals surface area (Å²) in [4.78, 5) is 2.41. The molecule has 1 nitrogen and oxygen atoms in total. The third-order valence-electron chi connectivity index (χ3n) is 9.78. The van der Waals surface area contributed by atoms with Crippen LogP contribution in [0.1, 0.15) is 36.1 Å². The standard InChI is InChI=1S/C50H41NS/c1-34(2)23-24-38(26-25-37-15-6-5-14-36(37)4)42-31-32-48(45-18-8-7-17-44(42)45)51(41-16-11-13-35(3)33-41)40-29-27-39(28-30-40)43-20-12-21-47-46-19-9-10-22-49(46)52-50(43)47/h5-33H,1-4H3/b26-25+,38-24+. The summed E-state index contributed by atoms with van der Waals surface area (Å²) in [5, 5.41) is 5.06. The smallest absolute Gasteiger partial charge is 0.0540 e.